The quantitative estimate of drug-likeness (QED) is 0.0648. The third-order valence-corrected chi connectivity index (χ3v) is 6.41. The van der Waals surface area contributed by atoms with Crippen LogP contribution in [-0.4, -0.2) is 68.7 Å². The van der Waals surface area contributed by atoms with E-state index in [1.807, 2.05) is 6.92 Å². The highest BCUT2D eigenvalue weighted by atomic mass is 16.8. The lowest BCUT2D eigenvalue weighted by Gasteiger charge is -2.24. The van der Waals surface area contributed by atoms with Crippen molar-refractivity contribution in [1.29, 1.82) is 0 Å². The van der Waals surface area contributed by atoms with Crippen molar-refractivity contribution in [3.63, 3.8) is 0 Å². The van der Waals surface area contributed by atoms with Gasteiger partial charge in [0.15, 0.2) is 12.6 Å². The molecule has 1 N–H and O–H groups in total. The summed E-state index contributed by atoms with van der Waals surface area (Å²) in [4.78, 5) is 28.0. The molecule has 12 nitrogen and oxygen atoms in total. The first kappa shape index (κ1) is 33.2. The topological polar surface area (TPSA) is 159 Å². The van der Waals surface area contributed by atoms with Crippen molar-refractivity contribution in [2.45, 2.75) is 51.3 Å². The third kappa shape index (κ3) is 9.59. The fourth-order valence-electron chi connectivity index (χ4n) is 4.49. The number of nitrogens with zero attached hydrogens (tertiary/aromatic N) is 3. The first-order chi connectivity index (χ1) is 20.6. The Morgan fingerprint density at radius 1 is 1.16 bits per heavy atom. The molecular formula is C31H37N3O9. The molecule has 1 heterocycles. The summed E-state index contributed by atoms with van der Waals surface area (Å²) in [7, 11) is 2.90. The molecule has 1 unspecified atom stereocenters. The molecule has 12 heteroatoms. The molecule has 0 spiro atoms. The number of esters is 1. The number of carboxylic acid groups (broad SMARTS) is 1. The van der Waals surface area contributed by atoms with E-state index in [4.69, 9.17) is 34.0 Å². The van der Waals surface area contributed by atoms with E-state index in [-0.39, 0.29) is 30.6 Å². The summed E-state index contributed by atoms with van der Waals surface area (Å²) in [5.41, 5.74) is 9.34. The van der Waals surface area contributed by atoms with Crippen molar-refractivity contribution in [2.75, 3.05) is 27.6 Å². The average Bonchev–Trinajstić information content (AvgIpc) is 3.30. The molecule has 0 bridgehead atoms. The fourth-order valence-corrected chi connectivity index (χ4v) is 4.49. The summed E-state index contributed by atoms with van der Waals surface area (Å²) in [6, 6.07) is 11.7. The van der Waals surface area contributed by atoms with Gasteiger partial charge >= 0.3 is 11.9 Å². The molecule has 3 rings (SSSR count). The zero-order valence-electron chi connectivity index (χ0n) is 24.8. The molecule has 0 amide bonds. The highest BCUT2D eigenvalue weighted by Gasteiger charge is 2.45. The maximum atomic E-state index is 13.0. The monoisotopic (exact) mass is 595 g/mol. The van der Waals surface area contributed by atoms with Crippen molar-refractivity contribution in [1.82, 2.24) is 0 Å². The minimum absolute atomic E-state index is 0.0545. The highest BCUT2D eigenvalue weighted by molar-refractivity contribution is 5.95. The zero-order valence-corrected chi connectivity index (χ0v) is 24.8. The van der Waals surface area contributed by atoms with E-state index < -0.39 is 36.0 Å². The Morgan fingerprint density at radius 3 is 2.56 bits per heavy atom. The van der Waals surface area contributed by atoms with E-state index in [9.17, 15) is 14.7 Å². The van der Waals surface area contributed by atoms with E-state index in [1.165, 1.54) is 20.3 Å². The van der Waals surface area contributed by atoms with Gasteiger partial charge in [0.2, 0.25) is 0 Å². The van der Waals surface area contributed by atoms with Gasteiger partial charge < -0.3 is 33.5 Å². The van der Waals surface area contributed by atoms with Gasteiger partial charge in [0, 0.05) is 24.6 Å². The summed E-state index contributed by atoms with van der Waals surface area (Å²) >= 11 is 0. The van der Waals surface area contributed by atoms with Crippen LogP contribution < -0.4 is 9.47 Å². The van der Waals surface area contributed by atoms with E-state index in [0.29, 0.717) is 23.3 Å². The third-order valence-electron chi connectivity index (χ3n) is 6.41. The SMILES string of the molecule is COCOc1cc(OC)cc(C=CC[C@@H]2OC(C)(C)O[C@@H]2C(C=C[C@H](C)CN=[N+]=[N-])OC(=O)c2ccccc2)c1C(=O)O. The Labute approximate surface area is 250 Å². The zero-order chi connectivity index (χ0) is 31.4. The van der Waals surface area contributed by atoms with Gasteiger partial charge in [-0.2, -0.15) is 0 Å². The molecule has 2 aromatic carbocycles. The minimum atomic E-state index is -1.18. The maximum Gasteiger partial charge on any atom is 0.340 e. The summed E-state index contributed by atoms with van der Waals surface area (Å²) in [5.74, 6) is -2.33. The lowest BCUT2D eigenvalue weighted by atomic mass is 10.0. The number of hydrogen-bond acceptors (Lipinski definition) is 9. The number of benzene rings is 2. The van der Waals surface area contributed by atoms with Crippen LogP contribution in [-0.2, 0) is 18.9 Å². The number of carbonyl (C=O) groups excluding carboxylic acids is 1. The lowest BCUT2D eigenvalue weighted by Crippen LogP contribution is -2.37. The standard InChI is InChI=1S/C31H37N3O9/c1-20(18-33-34-32)14-15-24(41-30(37)21-10-7-6-8-11-21)28-25(42-31(2,3)43-28)13-9-12-22-16-23(39-5)17-26(40-19-38-4)27(22)29(35)36/h6-12,14-17,20,24-25,28H,13,18-19H2,1-5H3,(H,35,36)/t20-,24?,25-,28+/m0/s1. The fraction of sp³-hybridized carbons (Fsp3) is 0.419. The average molecular weight is 596 g/mol. The van der Waals surface area contributed by atoms with Crippen LogP contribution in [0.15, 0.2) is 65.8 Å². The van der Waals surface area contributed by atoms with Gasteiger partial charge in [-0.3, -0.25) is 0 Å². The Hall–Kier alpha value is -4.35. The number of methoxy groups -OCH3 is 2. The molecule has 0 saturated carbocycles. The predicted octanol–water partition coefficient (Wildman–Crippen LogP) is 6.03. The van der Waals surface area contributed by atoms with Crippen molar-refractivity contribution >= 4 is 18.0 Å². The van der Waals surface area contributed by atoms with Crippen LogP contribution in [0.3, 0.4) is 0 Å². The van der Waals surface area contributed by atoms with Gasteiger partial charge in [0.1, 0.15) is 29.3 Å². The summed E-state index contributed by atoms with van der Waals surface area (Å²) in [6.07, 6.45) is 5.08. The highest BCUT2D eigenvalue weighted by Crippen LogP contribution is 2.35. The molecule has 230 valence electrons. The first-order valence-corrected chi connectivity index (χ1v) is 13.6. The molecule has 43 heavy (non-hydrogen) atoms. The maximum absolute atomic E-state index is 13.0. The Bertz CT molecular complexity index is 1350. The normalized spacial score (nSPS) is 19.1. The number of carbonyl (C=O) groups is 2. The van der Waals surface area contributed by atoms with Crippen LogP contribution in [0.1, 0.15) is 53.5 Å². The molecule has 0 aliphatic carbocycles. The van der Waals surface area contributed by atoms with Crippen molar-refractivity contribution in [2.24, 2.45) is 11.0 Å². The van der Waals surface area contributed by atoms with Crippen molar-refractivity contribution in [3.05, 3.63) is 87.8 Å². The van der Waals surface area contributed by atoms with Gasteiger partial charge in [-0.05, 0) is 61.6 Å². The summed E-state index contributed by atoms with van der Waals surface area (Å²) in [5, 5.41) is 13.5. The van der Waals surface area contributed by atoms with Gasteiger partial charge in [0.25, 0.3) is 0 Å². The number of aromatic carboxylic acids is 1. The van der Waals surface area contributed by atoms with Crippen molar-refractivity contribution < 1.29 is 43.1 Å². The molecule has 2 aromatic rings. The van der Waals surface area contributed by atoms with E-state index in [0.717, 1.165) is 0 Å². The van der Waals surface area contributed by atoms with Crippen LogP contribution in [0, 0.1) is 5.92 Å². The van der Waals surface area contributed by atoms with Crippen LogP contribution in [0.4, 0.5) is 0 Å². The molecule has 1 aliphatic heterocycles. The first-order valence-electron chi connectivity index (χ1n) is 13.6. The minimum Gasteiger partial charge on any atom is -0.497 e. The number of hydrogen-bond donors (Lipinski definition) is 1. The number of ether oxygens (including phenoxy) is 6. The predicted molar refractivity (Wildman–Crippen MR) is 158 cm³/mol. The smallest absolute Gasteiger partial charge is 0.340 e. The second-order valence-corrected chi connectivity index (χ2v) is 10.2. The second kappa shape index (κ2) is 15.8. The van der Waals surface area contributed by atoms with Crippen LogP contribution in [0.2, 0.25) is 0 Å². The number of rotatable bonds is 15. The molecule has 1 aliphatic rings. The van der Waals surface area contributed by atoms with Crippen molar-refractivity contribution in [3.8, 4) is 11.5 Å². The summed E-state index contributed by atoms with van der Waals surface area (Å²) < 4.78 is 34.1. The molecule has 1 saturated heterocycles. The Balaban J connectivity index is 1.91. The van der Waals surface area contributed by atoms with E-state index in [2.05, 4.69) is 10.0 Å². The second-order valence-electron chi connectivity index (χ2n) is 10.2. The molecule has 4 atom stereocenters. The molecular weight excluding hydrogens is 558 g/mol. The van der Waals surface area contributed by atoms with Gasteiger partial charge in [-0.1, -0.05) is 48.5 Å². The van der Waals surface area contributed by atoms with Gasteiger partial charge in [-0.15, -0.1) is 0 Å². The Morgan fingerprint density at radius 2 is 1.91 bits per heavy atom. The van der Waals surface area contributed by atoms with Crippen LogP contribution in [0.25, 0.3) is 16.5 Å². The largest absolute Gasteiger partial charge is 0.497 e. The van der Waals surface area contributed by atoms with Crippen LogP contribution in [0.5, 0.6) is 11.5 Å². The molecule has 0 aromatic heterocycles. The van der Waals surface area contributed by atoms with E-state index >= 15 is 0 Å². The molecule has 1 fully saturated rings. The number of azide groups is 1. The van der Waals surface area contributed by atoms with E-state index in [1.54, 1.807) is 74.5 Å². The van der Waals surface area contributed by atoms with Gasteiger partial charge in [0.05, 0.1) is 18.8 Å². The van der Waals surface area contributed by atoms with Crippen LogP contribution >= 0.6 is 0 Å². The number of carboxylic acids is 1. The Kier molecular flexibility index (Phi) is 12.2. The molecule has 0 radical (unpaired) electrons. The summed E-state index contributed by atoms with van der Waals surface area (Å²) in [6.45, 7) is 5.49. The van der Waals surface area contributed by atoms with Gasteiger partial charge in [-0.25, -0.2) is 9.59 Å². The lowest BCUT2D eigenvalue weighted by molar-refractivity contribution is -0.152.